The molecule has 1 saturated heterocycles. The Labute approximate surface area is 128 Å². The monoisotopic (exact) mass is 306 g/mol. The quantitative estimate of drug-likeness (QED) is 0.619. The van der Waals surface area contributed by atoms with Crippen LogP contribution in [0.25, 0.3) is 0 Å². The van der Waals surface area contributed by atoms with Crippen LogP contribution in [0.4, 0.5) is 5.69 Å². The number of carbonyl (C=O) groups excluding carboxylic acids is 2. The first kappa shape index (κ1) is 15.7. The molecule has 1 unspecified atom stereocenters. The van der Waals surface area contributed by atoms with E-state index < -0.39 is 6.04 Å². The molecule has 22 heavy (non-hydrogen) atoms. The average molecular weight is 306 g/mol. The summed E-state index contributed by atoms with van der Waals surface area (Å²) in [6.07, 6.45) is 1.13. The molecule has 0 spiro atoms. The van der Waals surface area contributed by atoms with Crippen LogP contribution >= 0.6 is 0 Å². The fraction of sp³-hybridized carbons (Fsp3) is 0.333. The minimum Gasteiger partial charge on any atom is -0.493 e. The highest BCUT2D eigenvalue weighted by molar-refractivity contribution is 6.06. The highest BCUT2D eigenvalue weighted by Gasteiger charge is 2.39. The summed E-state index contributed by atoms with van der Waals surface area (Å²) in [6, 6.07) is 2.83. The number of amides is 2. The molecule has 0 radical (unpaired) electrons. The van der Waals surface area contributed by atoms with Gasteiger partial charge in [-0.2, -0.15) is 0 Å². The number of anilines is 1. The van der Waals surface area contributed by atoms with Gasteiger partial charge in [0.15, 0.2) is 11.5 Å². The van der Waals surface area contributed by atoms with Crippen LogP contribution in [0.5, 0.6) is 17.2 Å². The summed E-state index contributed by atoms with van der Waals surface area (Å²) in [5.41, 5.74) is 0.614. The molecular formula is C15H18N2O5. The minimum atomic E-state index is -0.537. The molecule has 0 aromatic heterocycles. The maximum absolute atomic E-state index is 12.1. The molecule has 2 amide bonds. The number of β-lactam (4-membered cyclic amide) rings is 1. The Morgan fingerprint density at radius 2 is 1.86 bits per heavy atom. The van der Waals surface area contributed by atoms with Crippen molar-refractivity contribution in [3.05, 3.63) is 24.8 Å². The van der Waals surface area contributed by atoms with Crippen molar-refractivity contribution in [1.29, 1.82) is 0 Å². The Morgan fingerprint density at radius 3 is 2.27 bits per heavy atom. The van der Waals surface area contributed by atoms with E-state index in [1.165, 1.54) is 26.2 Å². The summed E-state index contributed by atoms with van der Waals surface area (Å²) >= 11 is 0. The molecule has 1 atom stereocenters. The van der Waals surface area contributed by atoms with E-state index in [9.17, 15) is 9.59 Å². The van der Waals surface area contributed by atoms with Crippen molar-refractivity contribution in [2.45, 2.75) is 6.04 Å². The predicted octanol–water partition coefficient (Wildman–Crippen LogP) is 0.730. The standard InChI is InChI=1S/C15H18N2O5/c1-5-13(18)16-10-8-17(15(10)19)9-6-11(20-2)14(22-4)12(7-9)21-3/h5-7,10H,1,8H2,2-4H3,(H,16,18). The van der Waals surface area contributed by atoms with Gasteiger partial charge < -0.3 is 24.4 Å². The van der Waals surface area contributed by atoms with E-state index in [2.05, 4.69) is 11.9 Å². The number of ether oxygens (including phenoxy) is 3. The Balaban J connectivity index is 2.22. The third-order valence-corrected chi connectivity index (χ3v) is 3.39. The lowest BCUT2D eigenvalue weighted by atomic mass is 10.1. The van der Waals surface area contributed by atoms with Crippen molar-refractivity contribution in [3.8, 4) is 17.2 Å². The molecule has 0 saturated carbocycles. The van der Waals surface area contributed by atoms with E-state index in [1.807, 2.05) is 0 Å². The molecule has 1 aliphatic heterocycles. The Bertz CT molecular complexity index is 589. The fourth-order valence-corrected chi connectivity index (χ4v) is 2.22. The van der Waals surface area contributed by atoms with Crippen molar-refractivity contribution in [3.63, 3.8) is 0 Å². The molecule has 2 rings (SSSR count). The third kappa shape index (κ3) is 2.69. The fourth-order valence-electron chi connectivity index (χ4n) is 2.22. The van der Waals surface area contributed by atoms with Crippen molar-refractivity contribution in [2.75, 3.05) is 32.8 Å². The molecule has 0 aliphatic carbocycles. The molecule has 1 aromatic carbocycles. The summed E-state index contributed by atoms with van der Waals surface area (Å²) in [5.74, 6) is 0.803. The molecular weight excluding hydrogens is 288 g/mol. The number of nitrogens with one attached hydrogen (secondary N) is 1. The smallest absolute Gasteiger partial charge is 0.251 e. The number of nitrogens with zero attached hydrogens (tertiary/aromatic N) is 1. The molecule has 1 aliphatic rings. The second-order valence-corrected chi connectivity index (χ2v) is 4.60. The maximum Gasteiger partial charge on any atom is 0.251 e. The molecule has 1 aromatic rings. The molecule has 0 bridgehead atoms. The van der Waals surface area contributed by atoms with Crippen LogP contribution in [0.2, 0.25) is 0 Å². The van der Waals surface area contributed by atoms with Gasteiger partial charge in [-0.1, -0.05) is 6.58 Å². The van der Waals surface area contributed by atoms with Crippen LogP contribution in [-0.4, -0.2) is 45.7 Å². The van der Waals surface area contributed by atoms with Crippen LogP contribution in [0.3, 0.4) is 0 Å². The average Bonchev–Trinajstić information content (AvgIpc) is 2.55. The highest BCUT2D eigenvalue weighted by atomic mass is 16.5. The SMILES string of the molecule is C=CC(=O)NC1CN(c2cc(OC)c(OC)c(OC)c2)C1=O. The third-order valence-electron chi connectivity index (χ3n) is 3.39. The molecule has 7 nitrogen and oxygen atoms in total. The predicted molar refractivity (Wildman–Crippen MR) is 80.6 cm³/mol. The van der Waals surface area contributed by atoms with Crippen LogP contribution < -0.4 is 24.4 Å². The Kier molecular flexibility index (Phi) is 4.55. The number of carbonyl (C=O) groups is 2. The highest BCUT2D eigenvalue weighted by Crippen LogP contribution is 2.41. The number of rotatable bonds is 6. The van der Waals surface area contributed by atoms with E-state index >= 15 is 0 Å². The van der Waals surface area contributed by atoms with Gasteiger partial charge in [0.2, 0.25) is 11.7 Å². The van der Waals surface area contributed by atoms with Crippen molar-refractivity contribution in [1.82, 2.24) is 5.32 Å². The van der Waals surface area contributed by atoms with Gasteiger partial charge in [-0.15, -0.1) is 0 Å². The topological polar surface area (TPSA) is 77.1 Å². The number of benzene rings is 1. The first-order valence-electron chi connectivity index (χ1n) is 6.60. The first-order chi connectivity index (χ1) is 10.5. The van der Waals surface area contributed by atoms with E-state index in [1.54, 1.807) is 12.1 Å². The lowest BCUT2D eigenvalue weighted by Crippen LogP contribution is -2.64. The Hall–Kier alpha value is -2.70. The van der Waals surface area contributed by atoms with Crippen LogP contribution in [-0.2, 0) is 9.59 Å². The van der Waals surface area contributed by atoms with Crippen molar-refractivity contribution >= 4 is 17.5 Å². The van der Waals surface area contributed by atoms with Gasteiger partial charge in [0.05, 0.1) is 33.6 Å². The van der Waals surface area contributed by atoms with E-state index in [0.29, 0.717) is 29.5 Å². The lowest BCUT2D eigenvalue weighted by Gasteiger charge is -2.38. The number of methoxy groups -OCH3 is 3. The minimum absolute atomic E-state index is 0.204. The first-order valence-corrected chi connectivity index (χ1v) is 6.60. The van der Waals surface area contributed by atoms with Gasteiger partial charge >= 0.3 is 0 Å². The Morgan fingerprint density at radius 1 is 1.27 bits per heavy atom. The maximum atomic E-state index is 12.1. The van der Waals surface area contributed by atoms with Crippen LogP contribution in [0.15, 0.2) is 24.8 Å². The van der Waals surface area contributed by atoms with E-state index in [0.717, 1.165) is 6.08 Å². The zero-order valence-electron chi connectivity index (χ0n) is 12.7. The van der Waals surface area contributed by atoms with Gasteiger partial charge in [0.1, 0.15) is 6.04 Å². The van der Waals surface area contributed by atoms with Crippen LogP contribution in [0.1, 0.15) is 0 Å². The zero-order valence-corrected chi connectivity index (χ0v) is 12.7. The lowest BCUT2D eigenvalue weighted by molar-refractivity contribution is -0.128. The number of hydrogen-bond donors (Lipinski definition) is 1. The molecule has 7 heteroatoms. The van der Waals surface area contributed by atoms with E-state index in [4.69, 9.17) is 14.2 Å². The second-order valence-electron chi connectivity index (χ2n) is 4.60. The van der Waals surface area contributed by atoms with Gasteiger partial charge in [-0.25, -0.2) is 0 Å². The van der Waals surface area contributed by atoms with Gasteiger partial charge in [0.25, 0.3) is 5.91 Å². The molecule has 1 heterocycles. The molecule has 1 N–H and O–H groups in total. The van der Waals surface area contributed by atoms with Gasteiger partial charge in [0, 0.05) is 12.1 Å². The molecule has 1 fully saturated rings. The zero-order chi connectivity index (χ0) is 16.3. The summed E-state index contributed by atoms with van der Waals surface area (Å²) in [6.45, 7) is 3.73. The second kappa shape index (κ2) is 6.38. The van der Waals surface area contributed by atoms with Gasteiger partial charge in [-0.05, 0) is 6.08 Å². The van der Waals surface area contributed by atoms with Gasteiger partial charge in [-0.3, -0.25) is 9.59 Å². The summed E-state index contributed by atoms with van der Waals surface area (Å²) in [7, 11) is 4.52. The van der Waals surface area contributed by atoms with E-state index in [-0.39, 0.29) is 11.8 Å². The largest absolute Gasteiger partial charge is 0.493 e. The molecule has 118 valence electrons. The van der Waals surface area contributed by atoms with Crippen molar-refractivity contribution in [2.24, 2.45) is 0 Å². The number of hydrogen-bond acceptors (Lipinski definition) is 5. The van der Waals surface area contributed by atoms with Crippen molar-refractivity contribution < 1.29 is 23.8 Å². The summed E-state index contributed by atoms with van der Waals surface area (Å²) in [4.78, 5) is 24.9. The van der Waals surface area contributed by atoms with Crippen LogP contribution in [0, 0.1) is 0 Å². The normalized spacial score (nSPS) is 16.6. The summed E-state index contributed by atoms with van der Waals surface area (Å²) in [5, 5.41) is 2.56. The summed E-state index contributed by atoms with van der Waals surface area (Å²) < 4.78 is 15.8.